The second-order valence-electron chi connectivity index (χ2n) is 6.10. The average Bonchev–Trinajstić information content (AvgIpc) is 2.94. The molecule has 1 aromatic rings. The Morgan fingerprint density at radius 3 is 2.44 bits per heavy atom. The molecule has 2 rings (SSSR count). The van der Waals surface area contributed by atoms with Crippen LogP contribution in [-0.2, 0) is 30.4 Å². The molecule has 9 heteroatoms. The Labute approximate surface area is 147 Å². The van der Waals surface area contributed by atoms with Crippen LogP contribution >= 0.6 is 0 Å². The standard InChI is InChI=1S/C16H22N2O6S/c1-17(2)15(19)14-9-13(24-25(3,21)22)10-18(14)16(20)23-11-12-7-5-4-6-8-12/h4-8,13-14H,9-11H2,1-3H3/t13-,14+/m1/s1. The molecule has 2 atom stereocenters. The van der Waals surface area contributed by atoms with Gasteiger partial charge >= 0.3 is 6.09 Å². The van der Waals surface area contributed by atoms with E-state index in [2.05, 4.69) is 0 Å². The second-order valence-corrected chi connectivity index (χ2v) is 7.70. The summed E-state index contributed by atoms with van der Waals surface area (Å²) in [7, 11) is -0.545. The van der Waals surface area contributed by atoms with E-state index in [1.54, 1.807) is 14.1 Å². The zero-order valence-corrected chi connectivity index (χ0v) is 15.2. The first-order valence-corrected chi connectivity index (χ1v) is 9.56. The Hall–Kier alpha value is -2.13. The first kappa shape index (κ1) is 19.2. The summed E-state index contributed by atoms with van der Waals surface area (Å²) in [6, 6.07) is 8.32. The maximum atomic E-state index is 12.4. The van der Waals surface area contributed by atoms with Gasteiger partial charge < -0.3 is 9.64 Å². The Balaban J connectivity index is 2.07. The maximum Gasteiger partial charge on any atom is 0.410 e. The van der Waals surface area contributed by atoms with Gasteiger partial charge in [0.2, 0.25) is 5.91 Å². The third-order valence-electron chi connectivity index (χ3n) is 3.74. The number of likely N-dealkylation sites (tertiary alicyclic amines) is 1. The fraction of sp³-hybridized carbons (Fsp3) is 0.500. The molecule has 8 nitrogen and oxygen atoms in total. The van der Waals surface area contributed by atoms with Crippen LogP contribution in [0.15, 0.2) is 30.3 Å². The molecule has 1 aliphatic rings. The minimum atomic E-state index is -3.68. The number of amides is 2. The minimum absolute atomic E-state index is 0.0229. The first-order chi connectivity index (χ1) is 11.7. The largest absolute Gasteiger partial charge is 0.445 e. The van der Waals surface area contributed by atoms with Gasteiger partial charge in [0, 0.05) is 20.5 Å². The summed E-state index contributed by atoms with van der Waals surface area (Å²) in [5.41, 5.74) is 0.814. The number of ether oxygens (including phenoxy) is 1. The molecule has 0 aliphatic carbocycles. The van der Waals surface area contributed by atoms with Crippen molar-refractivity contribution in [1.29, 1.82) is 0 Å². The third-order valence-corrected chi connectivity index (χ3v) is 4.36. The SMILES string of the molecule is CN(C)C(=O)[C@@H]1C[C@@H](OS(C)(=O)=O)CN1C(=O)OCc1ccccc1. The number of hydrogen-bond donors (Lipinski definition) is 0. The van der Waals surface area contributed by atoms with Crippen LogP contribution in [0, 0.1) is 0 Å². The van der Waals surface area contributed by atoms with E-state index in [0.29, 0.717) is 0 Å². The molecule has 0 bridgehead atoms. The van der Waals surface area contributed by atoms with Crippen molar-refractivity contribution in [1.82, 2.24) is 9.80 Å². The third kappa shape index (κ3) is 5.43. The fourth-order valence-corrected chi connectivity index (χ4v) is 3.28. The summed E-state index contributed by atoms with van der Waals surface area (Å²) in [5, 5.41) is 0. The minimum Gasteiger partial charge on any atom is -0.445 e. The van der Waals surface area contributed by atoms with Gasteiger partial charge in [0.25, 0.3) is 10.1 Å². The number of hydrogen-bond acceptors (Lipinski definition) is 6. The smallest absolute Gasteiger partial charge is 0.410 e. The van der Waals surface area contributed by atoms with Crippen molar-refractivity contribution in [3.8, 4) is 0 Å². The number of carbonyl (C=O) groups is 2. The highest BCUT2D eigenvalue weighted by Gasteiger charge is 2.42. The molecule has 1 fully saturated rings. The molecular weight excluding hydrogens is 348 g/mol. The highest BCUT2D eigenvalue weighted by molar-refractivity contribution is 7.86. The molecule has 138 valence electrons. The van der Waals surface area contributed by atoms with E-state index >= 15 is 0 Å². The summed E-state index contributed by atoms with van der Waals surface area (Å²) >= 11 is 0. The molecule has 0 radical (unpaired) electrons. The van der Waals surface area contributed by atoms with E-state index < -0.39 is 28.4 Å². The Morgan fingerprint density at radius 1 is 1.24 bits per heavy atom. The van der Waals surface area contributed by atoms with Gasteiger partial charge in [-0.15, -0.1) is 0 Å². The molecule has 25 heavy (non-hydrogen) atoms. The van der Waals surface area contributed by atoms with E-state index in [9.17, 15) is 18.0 Å². The lowest BCUT2D eigenvalue weighted by Gasteiger charge is -2.25. The molecule has 0 spiro atoms. The predicted molar refractivity (Wildman–Crippen MR) is 90.1 cm³/mol. The van der Waals surface area contributed by atoms with E-state index in [1.807, 2.05) is 30.3 Å². The summed E-state index contributed by atoms with van der Waals surface area (Å²) in [4.78, 5) is 27.3. The van der Waals surface area contributed by atoms with Gasteiger partial charge in [-0.05, 0) is 5.56 Å². The van der Waals surface area contributed by atoms with Gasteiger partial charge in [0.15, 0.2) is 0 Å². The lowest BCUT2D eigenvalue weighted by atomic mass is 10.2. The monoisotopic (exact) mass is 370 g/mol. The average molecular weight is 370 g/mol. The Morgan fingerprint density at radius 2 is 1.88 bits per heavy atom. The highest BCUT2D eigenvalue weighted by atomic mass is 32.2. The van der Waals surface area contributed by atoms with Crippen molar-refractivity contribution < 1.29 is 26.9 Å². The van der Waals surface area contributed by atoms with Crippen molar-refractivity contribution in [3.63, 3.8) is 0 Å². The normalized spacial score (nSPS) is 20.4. The highest BCUT2D eigenvalue weighted by Crippen LogP contribution is 2.24. The Bertz CT molecular complexity index is 719. The van der Waals surface area contributed by atoms with Gasteiger partial charge in [0.1, 0.15) is 12.6 Å². The van der Waals surface area contributed by atoms with Gasteiger partial charge in [-0.2, -0.15) is 8.42 Å². The van der Waals surface area contributed by atoms with Crippen molar-refractivity contribution in [3.05, 3.63) is 35.9 Å². The van der Waals surface area contributed by atoms with Crippen LogP contribution in [-0.4, -0.2) is 69.3 Å². The Kier molecular flexibility index (Phi) is 6.02. The van der Waals surface area contributed by atoms with Crippen LogP contribution in [0.25, 0.3) is 0 Å². The van der Waals surface area contributed by atoms with E-state index in [0.717, 1.165) is 11.8 Å². The molecule has 1 aliphatic heterocycles. The zero-order chi connectivity index (χ0) is 18.6. The van der Waals surface area contributed by atoms with Gasteiger partial charge in [-0.1, -0.05) is 30.3 Å². The molecule has 1 heterocycles. The summed E-state index contributed by atoms with van der Waals surface area (Å²) in [5.74, 6) is -0.309. The van der Waals surface area contributed by atoms with E-state index in [4.69, 9.17) is 8.92 Å². The van der Waals surface area contributed by atoms with Gasteiger partial charge in [-0.3, -0.25) is 13.9 Å². The number of benzene rings is 1. The van der Waals surface area contributed by atoms with Crippen LogP contribution in [0.2, 0.25) is 0 Å². The molecule has 0 saturated carbocycles. The van der Waals surface area contributed by atoms with Crippen molar-refractivity contribution in [2.24, 2.45) is 0 Å². The molecule has 1 aromatic carbocycles. The van der Waals surface area contributed by atoms with E-state index in [-0.39, 0.29) is 25.5 Å². The van der Waals surface area contributed by atoms with Crippen molar-refractivity contribution >= 4 is 22.1 Å². The number of likely N-dealkylation sites (N-methyl/N-ethyl adjacent to an activating group) is 1. The molecule has 0 unspecified atom stereocenters. The fourth-order valence-electron chi connectivity index (χ4n) is 2.65. The molecular formula is C16H22N2O6S. The van der Waals surface area contributed by atoms with Crippen LogP contribution in [0.5, 0.6) is 0 Å². The van der Waals surface area contributed by atoms with Gasteiger partial charge in [-0.25, -0.2) is 4.79 Å². The molecule has 0 aromatic heterocycles. The summed E-state index contributed by atoms with van der Waals surface area (Å²) in [6.07, 6.45) is -0.409. The summed E-state index contributed by atoms with van der Waals surface area (Å²) < 4.78 is 32.9. The van der Waals surface area contributed by atoms with Crippen LogP contribution in [0.3, 0.4) is 0 Å². The van der Waals surface area contributed by atoms with Crippen molar-refractivity contribution in [2.75, 3.05) is 26.9 Å². The first-order valence-electron chi connectivity index (χ1n) is 7.74. The number of nitrogens with zero attached hydrogens (tertiary/aromatic N) is 2. The van der Waals surface area contributed by atoms with Crippen LogP contribution < -0.4 is 0 Å². The molecule has 1 saturated heterocycles. The molecule has 0 N–H and O–H groups in total. The lowest BCUT2D eigenvalue weighted by molar-refractivity contribution is -0.133. The van der Waals surface area contributed by atoms with Crippen LogP contribution in [0.1, 0.15) is 12.0 Å². The zero-order valence-electron chi connectivity index (χ0n) is 14.4. The summed E-state index contributed by atoms with van der Waals surface area (Å²) in [6.45, 7) is 0.0432. The van der Waals surface area contributed by atoms with Crippen molar-refractivity contribution in [2.45, 2.75) is 25.2 Å². The lowest BCUT2D eigenvalue weighted by Crippen LogP contribution is -2.45. The quantitative estimate of drug-likeness (QED) is 0.713. The topological polar surface area (TPSA) is 93.2 Å². The van der Waals surface area contributed by atoms with Gasteiger partial charge in [0.05, 0.1) is 18.9 Å². The predicted octanol–water partition coefficient (Wildman–Crippen LogP) is 0.831. The second kappa shape index (κ2) is 7.83. The molecule has 2 amide bonds. The number of carbonyl (C=O) groups excluding carboxylic acids is 2. The number of rotatable bonds is 5. The maximum absolute atomic E-state index is 12.4. The van der Waals surface area contributed by atoms with E-state index in [1.165, 1.54) is 9.80 Å². The van der Waals surface area contributed by atoms with Crippen LogP contribution in [0.4, 0.5) is 4.79 Å².